The number of nitrogens with one attached hydrogen (secondary N) is 3. The molecule has 3 heterocycles. The number of imidazole rings is 1. The smallest absolute Gasteiger partial charge is 0.300 e. The summed E-state index contributed by atoms with van der Waals surface area (Å²) in [5.74, 6) is 2.13. The van der Waals surface area contributed by atoms with E-state index in [0.29, 0.717) is 36.1 Å². The van der Waals surface area contributed by atoms with Gasteiger partial charge in [-0.2, -0.15) is 4.98 Å². The number of hydrogen-bond acceptors (Lipinski definition) is 8. The SMILES string of the molecule is COCc1cnc(Nc2ccnc(Nc3nc4ccccc4[nH]3)n2)o1. The summed E-state index contributed by atoms with van der Waals surface area (Å²) in [6.45, 7) is 0.358. The first-order chi connectivity index (χ1) is 12.3. The molecule has 0 amide bonds. The normalized spacial score (nSPS) is 10.9. The summed E-state index contributed by atoms with van der Waals surface area (Å²) in [4.78, 5) is 20.3. The number of benzene rings is 1. The third-order valence-electron chi connectivity index (χ3n) is 3.35. The minimum absolute atomic E-state index is 0.334. The van der Waals surface area contributed by atoms with E-state index in [4.69, 9.17) is 9.15 Å². The molecule has 0 fully saturated rings. The zero-order valence-corrected chi connectivity index (χ0v) is 13.4. The molecule has 1 aromatic carbocycles. The van der Waals surface area contributed by atoms with Crippen LogP contribution in [0.15, 0.2) is 47.1 Å². The van der Waals surface area contributed by atoms with E-state index in [2.05, 4.69) is 35.6 Å². The first-order valence-corrected chi connectivity index (χ1v) is 7.55. The summed E-state index contributed by atoms with van der Waals surface area (Å²) in [6.07, 6.45) is 3.22. The van der Waals surface area contributed by atoms with Crippen LogP contribution < -0.4 is 10.6 Å². The van der Waals surface area contributed by atoms with Crippen LogP contribution in [0.1, 0.15) is 5.76 Å². The first-order valence-electron chi connectivity index (χ1n) is 7.55. The maximum Gasteiger partial charge on any atom is 0.300 e. The van der Waals surface area contributed by atoms with E-state index in [1.165, 1.54) is 0 Å². The summed E-state index contributed by atoms with van der Waals surface area (Å²) < 4.78 is 10.5. The van der Waals surface area contributed by atoms with Crippen molar-refractivity contribution in [2.24, 2.45) is 0 Å². The Labute approximate surface area is 142 Å². The van der Waals surface area contributed by atoms with Gasteiger partial charge in [0.2, 0.25) is 11.9 Å². The van der Waals surface area contributed by atoms with Crippen molar-refractivity contribution in [2.45, 2.75) is 6.61 Å². The molecule has 9 nitrogen and oxygen atoms in total. The average Bonchev–Trinajstić information content (AvgIpc) is 3.21. The van der Waals surface area contributed by atoms with Crippen molar-refractivity contribution in [3.05, 3.63) is 48.5 Å². The van der Waals surface area contributed by atoms with Crippen molar-refractivity contribution < 1.29 is 9.15 Å². The molecule has 9 heteroatoms. The Hall–Kier alpha value is -3.46. The predicted octanol–water partition coefficient (Wildman–Crippen LogP) is 2.97. The number of oxazole rings is 1. The lowest BCUT2D eigenvalue weighted by Crippen LogP contribution is -2.01. The largest absolute Gasteiger partial charge is 0.426 e. The van der Waals surface area contributed by atoms with Gasteiger partial charge in [0, 0.05) is 13.3 Å². The van der Waals surface area contributed by atoms with E-state index in [-0.39, 0.29) is 0 Å². The van der Waals surface area contributed by atoms with Crippen LogP contribution in [0, 0.1) is 0 Å². The van der Waals surface area contributed by atoms with Crippen LogP contribution in [0.25, 0.3) is 11.0 Å². The third-order valence-corrected chi connectivity index (χ3v) is 3.35. The van der Waals surface area contributed by atoms with Crippen molar-refractivity contribution in [1.29, 1.82) is 0 Å². The Balaban J connectivity index is 1.50. The van der Waals surface area contributed by atoms with Crippen LogP contribution in [-0.4, -0.2) is 32.0 Å². The average molecular weight is 337 g/mol. The number of aromatic nitrogens is 5. The van der Waals surface area contributed by atoms with Gasteiger partial charge in [-0.25, -0.2) is 15.0 Å². The Morgan fingerprint density at radius 2 is 2.04 bits per heavy atom. The number of fused-ring (bicyclic) bond motifs is 1. The molecular formula is C16H15N7O2. The van der Waals surface area contributed by atoms with Gasteiger partial charge in [-0.3, -0.25) is 10.6 Å². The van der Waals surface area contributed by atoms with Crippen LogP contribution in [0.3, 0.4) is 0 Å². The highest BCUT2D eigenvalue weighted by Gasteiger charge is 2.07. The minimum Gasteiger partial charge on any atom is -0.426 e. The number of methoxy groups -OCH3 is 1. The van der Waals surface area contributed by atoms with Gasteiger partial charge in [-0.15, -0.1) is 0 Å². The Morgan fingerprint density at radius 1 is 1.12 bits per heavy atom. The summed E-state index contributed by atoms with van der Waals surface area (Å²) in [5, 5.41) is 6.03. The van der Waals surface area contributed by atoms with Gasteiger partial charge < -0.3 is 14.1 Å². The van der Waals surface area contributed by atoms with Gasteiger partial charge in [0.1, 0.15) is 12.4 Å². The molecular weight excluding hydrogens is 322 g/mol. The fraction of sp³-hybridized carbons (Fsp3) is 0.125. The maximum absolute atomic E-state index is 5.48. The second-order valence-electron chi connectivity index (χ2n) is 5.18. The molecule has 4 rings (SSSR count). The zero-order chi connectivity index (χ0) is 17.1. The minimum atomic E-state index is 0.334. The van der Waals surface area contributed by atoms with Crippen molar-refractivity contribution in [3.8, 4) is 0 Å². The fourth-order valence-corrected chi connectivity index (χ4v) is 2.29. The molecule has 126 valence electrons. The highest BCUT2D eigenvalue weighted by atomic mass is 16.5. The number of rotatable bonds is 6. The van der Waals surface area contributed by atoms with E-state index in [9.17, 15) is 0 Å². The lowest BCUT2D eigenvalue weighted by atomic mass is 10.3. The summed E-state index contributed by atoms with van der Waals surface area (Å²) in [7, 11) is 1.59. The molecule has 0 saturated carbocycles. The number of hydrogen-bond donors (Lipinski definition) is 3. The number of aromatic amines is 1. The summed E-state index contributed by atoms with van der Waals surface area (Å²) in [5.41, 5.74) is 1.80. The Kier molecular flexibility index (Phi) is 3.97. The van der Waals surface area contributed by atoms with Crippen LogP contribution in [0.5, 0.6) is 0 Å². The molecule has 0 atom stereocenters. The highest BCUT2D eigenvalue weighted by Crippen LogP contribution is 2.18. The quantitative estimate of drug-likeness (QED) is 0.492. The van der Waals surface area contributed by atoms with Crippen molar-refractivity contribution in [3.63, 3.8) is 0 Å². The second-order valence-corrected chi connectivity index (χ2v) is 5.18. The topological polar surface area (TPSA) is 114 Å². The zero-order valence-electron chi connectivity index (χ0n) is 13.4. The van der Waals surface area contributed by atoms with Crippen LogP contribution in [-0.2, 0) is 11.3 Å². The van der Waals surface area contributed by atoms with Crippen LogP contribution in [0.2, 0.25) is 0 Å². The monoisotopic (exact) mass is 337 g/mol. The van der Waals surface area contributed by atoms with Crippen molar-refractivity contribution >= 4 is 34.8 Å². The standard InChI is InChI=1S/C16H15N7O2/c1-24-9-10-8-18-16(25-10)22-13-6-7-17-14(21-13)23-15-19-11-4-2-3-5-12(11)20-15/h2-8H,9H2,1H3,(H3,17,18,19,20,21,22,23). The van der Waals surface area contributed by atoms with Crippen molar-refractivity contribution in [2.75, 3.05) is 17.7 Å². The predicted molar refractivity (Wildman–Crippen MR) is 91.9 cm³/mol. The number of para-hydroxylation sites is 2. The van der Waals surface area contributed by atoms with Gasteiger partial charge in [-0.05, 0) is 18.2 Å². The van der Waals surface area contributed by atoms with E-state index in [1.807, 2.05) is 24.3 Å². The summed E-state index contributed by atoms with van der Waals surface area (Å²) in [6, 6.07) is 9.80. The number of H-pyrrole nitrogens is 1. The molecule has 4 aromatic rings. The molecule has 0 spiro atoms. The fourth-order valence-electron chi connectivity index (χ4n) is 2.29. The third kappa shape index (κ3) is 3.40. The molecule has 0 radical (unpaired) electrons. The maximum atomic E-state index is 5.48. The van der Waals surface area contributed by atoms with Crippen molar-refractivity contribution in [1.82, 2.24) is 24.9 Å². The number of nitrogens with zero attached hydrogens (tertiary/aromatic N) is 4. The van der Waals surface area contributed by atoms with Gasteiger partial charge in [0.05, 0.1) is 17.2 Å². The lowest BCUT2D eigenvalue weighted by molar-refractivity contribution is 0.165. The van der Waals surface area contributed by atoms with E-state index in [1.54, 1.807) is 25.6 Å². The molecule has 0 aliphatic carbocycles. The number of ether oxygens (including phenoxy) is 1. The Bertz CT molecular complexity index is 962. The molecule has 0 aliphatic rings. The Morgan fingerprint density at radius 3 is 2.92 bits per heavy atom. The highest BCUT2D eigenvalue weighted by molar-refractivity contribution is 5.77. The molecule has 0 saturated heterocycles. The molecule has 3 N–H and O–H groups in total. The van der Waals surface area contributed by atoms with E-state index < -0.39 is 0 Å². The van der Waals surface area contributed by atoms with E-state index in [0.717, 1.165) is 11.0 Å². The molecule has 0 unspecified atom stereocenters. The molecule has 25 heavy (non-hydrogen) atoms. The van der Waals surface area contributed by atoms with Gasteiger partial charge in [-0.1, -0.05) is 12.1 Å². The lowest BCUT2D eigenvalue weighted by Gasteiger charge is -2.04. The second kappa shape index (κ2) is 6.57. The van der Waals surface area contributed by atoms with Gasteiger partial charge in [0.25, 0.3) is 0 Å². The summed E-state index contributed by atoms with van der Waals surface area (Å²) >= 11 is 0. The van der Waals surface area contributed by atoms with Gasteiger partial charge in [0.15, 0.2) is 5.76 Å². The molecule has 0 aliphatic heterocycles. The van der Waals surface area contributed by atoms with Gasteiger partial charge >= 0.3 is 6.01 Å². The molecule has 3 aromatic heterocycles. The first kappa shape index (κ1) is 15.1. The van der Waals surface area contributed by atoms with Crippen LogP contribution >= 0.6 is 0 Å². The van der Waals surface area contributed by atoms with E-state index >= 15 is 0 Å². The molecule has 0 bridgehead atoms. The van der Waals surface area contributed by atoms with Crippen LogP contribution in [0.4, 0.5) is 23.7 Å². The number of anilines is 4.